The second-order valence-electron chi connectivity index (χ2n) is 6.86. The predicted molar refractivity (Wildman–Crippen MR) is 117 cm³/mol. The molecule has 0 saturated heterocycles. The van der Waals surface area contributed by atoms with Crippen LogP contribution in [0.1, 0.15) is 15.9 Å². The highest BCUT2D eigenvalue weighted by molar-refractivity contribution is 6.07. The van der Waals surface area contributed by atoms with Crippen LogP contribution in [-0.4, -0.2) is 30.5 Å². The van der Waals surface area contributed by atoms with Crippen molar-refractivity contribution >= 4 is 22.7 Å². The van der Waals surface area contributed by atoms with Crippen LogP contribution in [0.3, 0.4) is 0 Å². The second-order valence-corrected chi connectivity index (χ2v) is 6.86. The van der Waals surface area contributed by atoms with E-state index in [2.05, 4.69) is 15.6 Å². The van der Waals surface area contributed by atoms with Gasteiger partial charge >= 0.3 is 0 Å². The van der Waals surface area contributed by atoms with Crippen molar-refractivity contribution < 1.29 is 18.7 Å². The molecular weight excluding hydrogens is 394 g/mol. The lowest BCUT2D eigenvalue weighted by atomic mass is 10.1. The smallest absolute Gasteiger partial charge is 0.252 e. The molecular formula is C24H21N3O4. The van der Waals surface area contributed by atoms with Gasteiger partial charge in [0.25, 0.3) is 5.91 Å². The number of hydrogen-bond donors (Lipinski definition) is 2. The van der Waals surface area contributed by atoms with Gasteiger partial charge in [-0.2, -0.15) is 0 Å². The van der Waals surface area contributed by atoms with Crippen molar-refractivity contribution in [1.29, 1.82) is 0 Å². The highest BCUT2D eigenvalue weighted by Gasteiger charge is 2.15. The monoisotopic (exact) mass is 415 g/mol. The molecule has 0 aliphatic heterocycles. The number of furan rings is 1. The van der Waals surface area contributed by atoms with E-state index in [9.17, 15) is 9.59 Å². The molecule has 31 heavy (non-hydrogen) atoms. The first kappa shape index (κ1) is 20.2. The number of pyridine rings is 1. The van der Waals surface area contributed by atoms with Gasteiger partial charge in [0.1, 0.15) is 11.4 Å². The fourth-order valence-corrected chi connectivity index (χ4v) is 3.18. The quantitative estimate of drug-likeness (QED) is 0.482. The first-order valence-corrected chi connectivity index (χ1v) is 9.75. The molecule has 0 unspecified atom stereocenters. The zero-order valence-corrected chi connectivity index (χ0v) is 16.9. The fourth-order valence-electron chi connectivity index (χ4n) is 3.18. The van der Waals surface area contributed by atoms with Crippen molar-refractivity contribution in [1.82, 2.24) is 15.6 Å². The SMILES string of the molecule is COc1ccc(CNC(=O)CNC(=O)c2cc(-c3ccco3)nc3ccccc23)cc1. The van der Waals surface area contributed by atoms with Gasteiger partial charge in [0, 0.05) is 11.9 Å². The number of hydrogen-bond acceptors (Lipinski definition) is 5. The maximum Gasteiger partial charge on any atom is 0.252 e. The zero-order valence-electron chi connectivity index (χ0n) is 16.9. The molecule has 0 fully saturated rings. The van der Waals surface area contributed by atoms with Crippen LogP contribution < -0.4 is 15.4 Å². The topological polar surface area (TPSA) is 93.5 Å². The van der Waals surface area contributed by atoms with Crippen LogP contribution in [-0.2, 0) is 11.3 Å². The second kappa shape index (κ2) is 9.13. The maximum absolute atomic E-state index is 12.9. The number of fused-ring (bicyclic) bond motifs is 1. The fraction of sp³-hybridized carbons (Fsp3) is 0.125. The number of benzene rings is 2. The van der Waals surface area contributed by atoms with Crippen LogP contribution in [0.15, 0.2) is 77.4 Å². The minimum absolute atomic E-state index is 0.137. The molecule has 0 saturated carbocycles. The van der Waals surface area contributed by atoms with Crippen molar-refractivity contribution in [2.45, 2.75) is 6.54 Å². The molecule has 4 rings (SSSR count). The number of amides is 2. The van der Waals surface area contributed by atoms with E-state index < -0.39 is 0 Å². The van der Waals surface area contributed by atoms with Gasteiger partial charge in [0.2, 0.25) is 5.91 Å². The molecule has 2 heterocycles. The molecule has 0 aliphatic carbocycles. The van der Waals surface area contributed by atoms with Crippen molar-refractivity contribution in [3.63, 3.8) is 0 Å². The molecule has 156 valence electrons. The number of methoxy groups -OCH3 is 1. The number of nitrogens with zero attached hydrogens (tertiary/aromatic N) is 1. The summed E-state index contributed by atoms with van der Waals surface area (Å²) < 4.78 is 10.5. The van der Waals surface area contributed by atoms with Crippen LogP contribution in [0.5, 0.6) is 5.75 Å². The Morgan fingerprint density at radius 1 is 1.00 bits per heavy atom. The summed E-state index contributed by atoms with van der Waals surface area (Å²) in [7, 11) is 1.60. The molecule has 4 aromatic rings. The minimum Gasteiger partial charge on any atom is -0.497 e. The highest BCUT2D eigenvalue weighted by Crippen LogP contribution is 2.25. The van der Waals surface area contributed by atoms with Crippen molar-refractivity contribution in [3.05, 3.63) is 84.1 Å². The minimum atomic E-state index is -0.356. The third-order valence-electron chi connectivity index (χ3n) is 4.79. The number of aromatic nitrogens is 1. The van der Waals surface area contributed by atoms with Gasteiger partial charge in [-0.1, -0.05) is 30.3 Å². The average Bonchev–Trinajstić information content (AvgIpc) is 3.36. The Hall–Kier alpha value is -4.13. The number of ether oxygens (including phenoxy) is 1. The summed E-state index contributed by atoms with van der Waals surface area (Å²) in [6.07, 6.45) is 1.55. The molecule has 2 aromatic heterocycles. The lowest BCUT2D eigenvalue weighted by molar-refractivity contribution is -0.120. The molecule has 7 heteroatoms. The standard InChI is InChI=1S/C24H21N3O4/c1-30-17-10-8-16(9-11-17)14-25-23(28)15-26-24(29)19-13-21(22-7-4-12-31-22)27-20-6-3-2-5-18(19)20/h2-13H,14-15H2,1H3,(H,25,28)(H,26,29). The Morgan fingerprint density at radius 2 is 1.81 bits per heavy atom. The Balaban J connectivity index is 1.43. The summed E-state index contributed by atoms with van der Waals surface area (Å²) in [6.45, 7) is 0.223. The number of carbonyl (C=O) groups is 2. The molecule has 0 bridgehead atoms. The average molecular weight is 415 g/mol. The van der Waals surface area contributed by atoms with E-state index >= 15 is 0 Å². The van der Waals surface area contributed by atoms with Crippen molar-refractivity contribution in [2.75, 3.05) is 13.7 Å². The van der Waals surface area contributed by atoms with Crippen LogP contribution in [0.4, 0.5) is 0 Å². The molecule has 0 atom stereocenters. The Bertz CT molecular complexity index is 1200. The van der Waals surface area contributed by atoms with E-state index in [1.807, 2.05) is 48.5 Å². The van der Waals surface area contributed by atoms with Gasteiger partial charge in [0.15, 0.2) is 5.76 Å². The molecule has 0 spiro atoms. The van der Waals surface area contributed by atoms with Crippen molar-refractivity contribution in [2.24, 2.45) is 0 Å². The first-order valence-electron chi connectivity index (χ1n) is 9.75. The van der Waals surface area contributed by atoms with Crippen molar-refractivity contribution in [3.8, 4) is 17.2 Å². The van der Waals surface area contributed by atoms with Gasteiger partial charge in [0.05, 0.1) is 31.0 Å². The Morgan fingerprint density at radius 3 is 2.55 bits per heavy atom. The number of para-hydroxylation sites is 1. The molecule has 2 amide bonds. The maximum atomic E-state index is 12.9. The van der Waals surface area contributed by atoms with Gasteiger partial charge in [-0.05, 0) is 42.0 Å². The molecule has 2 N–H and O–H groups in total. The zero-order chi connectivity index (χ0) is 21.6. The lowest BCUT2D eigenvalue weighted by Crippen LogP contribution is -2.36. The van der Waals surface area contributed by atoms with E-state index in [0.29, 0.717) is 34.5 Å². The summed E-state index contributed by atoms with van der Waals surface area (Å²) >= 11 is 0. The van der Waals surface area contributed by atoms with E-state index in [-0.39, 0.29) is 18.4 Å². The summed E-state index contributed by atoms with van der Waals surface area (Å²) in [6, 6.07) is 20.0. The van der Waals surface area contributed by atoms with Gasteiger partial charge in [-0.3, -0.25) is 9.59 Å². The van der Waals surface area contributed by atoms with Crippen LogP contribution in [0.2, 0.25) is 0 Å². The third-order valence-corrected chi connectivity index (χ3v) is 4.79. The summed E-state index contributed by atoms with van der Waals surface area (Å²) in [4.78, 5) is 29.7. The van der Waals surface area contributed by atoms with E-state index in [1.54, 1.807) is 31.6 Å². The number of carbonyl (C=O) groups excluding carboxylic acids is 2. The Kier molecular flexibility index (Phi) is 5.93. The molecule has 7 nitrogen and oxygen atoms in total. The molecule has 0 radical (unpaired) electrons. The van der Waals surface area contributed by atoms with Crippen LogP contribution in [0, 0.1) is 0 Å². The number of rotatable bonds is 7. The summed E-state index contributed by atoms with van der Waals surface area (Å²) in [5, 5.41) is 6.18. The Labute approximate surface area is 179 Å². The van der Waals surface area contributed by atoms with Gasteiger partial charge in [-0.15, -0.1) is 0 Å². The van der Waals surface area contributed by atoms with Crippen LogP contribution >= 0.6 is 0 Å². The van der Waals surface area contributed by atoms with Crippen LogP contribution in [0.25, 0.3) is 22.4 Å². The number of nitrogens with one attached hydrogen (secondary N) is 2. The predicted octanol–water partition coefficient (Wildman–Crippen LogP) is 3.55. The van der Waals surface area contributed by atoms with E-state index in [4.69, 9.17) is 9.15 Å². The van der Waals surface area contributed by atoms with E-state index in [1.165, 1.54) is 0 Å². The largest absolute Gasteiger partial charge is 0.497 e. The summed E-state index contributed by atoms with van der Waals surface area (Å²) in [5.41, 5.74) is 2.59. The van der Waals surface area contributed by atoms with Gasteiger partial charge < -0.3 is 19.8 Å². The highest BCUT2D eigenvalue weighted by atomic mass is 16.5. The van der Waals surface area contributed by atoms with Gasteiger partial charge in [-0.25, -0.2) is 4.98 Å². The normalized spacial score (nSPS) is 10.6. The first-order chi connectivity index (χ1) is 15.1. The molecule has 2 aromatic carbocycles. The van der Waals surface area contributed by atoms with E-state index in [0.717, 1.165) is 11.3 Å². The lowest BCUT2D eigenvalue weighted by Gasteiger charge is -2.10. The summed E-state index contributed by atoms with van der Waals surface area (Å²) in [5.74, 6) is 0.678. The molecule has 0 aliphatic rings. The third kappa shape index (κ3) is 4.72.